The third-order valence-corrected chi connectivity index (χ3v) is 4.45. The van der Waals surface area contributed by atoms with Crippen LogP contribution in [-0.4, -0.2) is 19.7 Å². The smallest absolute Gasteiger partial charge is 0.274 e. The molecule has 4 aromatic rings. The third kappa shape index (κ3) is 2.93. The van der Waals surface area contributed by atoms with Crippen LogP contribution in [0.2, 0.25) is 5.15 Å². The highest BCUT2D eigenvalue weighted by atomic mass is 35.5. The molecule has 1 N–H and O–H groups in total. The van der Waals surface area contributed by atoms with Crippen molar-refractivity contribution in [2.75, 3.05) is 0 Å². The Balaban J connectivity index is 1.75. The summed E-state index contributed by atoms with van der Waals surface area (Å²) < 4.78 is 1.68. The van der Waals surface area contributed by atoms with E-state index in [4.69, 9.17) is 11.6 Å². The molecule has 0 aliphatic rings. The third-order valence-electron chi connectivity index (χ3n) is 4.08. The number of rotatable bonds is 3. The SMILES string of the molecule is Cc1nn(-c2ccccc2)c(Cl)c1/C=C/c1nc2ccccc2[nH]c1=O. The van der Waals surface area contributed by atoms with Crippen molar-refractivity contribution < 1.29 is 0 Å². The fraction of sp³-hybridized carbons (Fsp3) is 0.0500. The Bertz CT molecular complexity index is 1180. The molecule has 0 bridgehead atoms. The summed E-state index contributed by atoms with van der Waals surface area (Å²) in [4.78, 5) is 19.5. The van der Waals surface area contributed by atoms with Crippen LogP contribution in [0.4, 0.5) is 0 Å². The molecule has 0 fully saturated rings. The summed E-state index contributed by atoms with van der Waals surface area (Å²) in [5, 5.41) is 4.98. The first-order valence-corrected chi connectivity index (χ1v) is 8.49. The summed E-state index contributed by atoms with van der Waals surface area (Å²) in [5.74, 6) is 0. The minimum Gasteiger partial charge on any atom is -0.319 e. The maximum atomic E-state index is 12.2. The minimum atomic E-state index is -0.246. The quantitative estimate of drug-likeness (QED) is 0.592. The summed E-state index contributed by atoms with van der Waals surface area (Å²) in [5.41, 5.74) is 3.92. The number of benzene rings is 2. The molecule has 0 saturated carbocycles. The molecule has 4 rings (SSSR count). The van der Waals surface area contributed by atoms with Gasteiger partial charge < -0.3 is 4.98 Å². The number of H-pyrrole nitrogens is 1. The Kier molecular flexibility index (Phi) is 4.14. The predicted octanol–water partition coefficient (Wildman–Crippen LogP) is 4.24. The van der Waals surface area contributed by atoms with Crippen LogP contribution in [0.3, 0.4) is 0 Å². The fourth-order valence-electron chi connectivity index (χ4n) is 2.76. The van der Waals surface area contributed by atoms with Gasteiger partial charge in [-0.25, -0.2) is 9.67 Å². The predicted molar refractivity (Wildman–Crippen MR) is 105 cm³/mol. The van der Waals surface area contributed by atoms with Crippen molar-refractivity contribution in [2.24, 2.45) is 0 Å². The van der Waals surface area contributed by atoms with Gasteiger partial charge in [0.15, 0.2) is 0 Å². The highest BCUT2D eigenvalue weighted by Gasteiger charge is 2.12. The Morgan fingerprint density at radius 1 is 1.04 bits per heavy atom. The highest BCUT2D eigenvalue weighted by molar-refractivity contribution is 6.31. The number of aryl methyl sites for hydroxylation is 1. The van der Waals surface area contributed by atoms with Crippen molar-refractivity contribution in [3.8, 4) is 5.69 Å². The first-order valence-electron chi connectivity index (χ1n) is 8.11. The minimum absolute atomic E-state index is 0.246. The van der Waals surface area contributed by atoms with Crippen molar-refractivity contribution in [1.82, 2.24) is 19.7 Å². The monoisotopic (exact) mass is 362 g/mol. The molecule has 128 valence electrons. The molecular weight excluding hydrogens is 348 g/mol. The molecule has 0 unspecified atom stereocenters. The van der Waals surface area contributed by atoms with E-state index in [1.165, 1.54) is 0 Å². The molecule has 0 atom stereocenters. The number of aromatic amines is 1. The molecule has 6 heteroatoms. The summed E-state index contributed by atoms with van der Waals surface area (Å²) in [6.07, 6.45) is 3.44. The first-order chi connectivity index (χ1) is 12.6. The molecule has 0 amide bonds. The number of para-hydroxylation sites is 3. The van der Waals surface area contributed by atoms with E-state index in [1.807, 2.05) is 61.5 Å². The second-order valence-corrected chi connectivity index (χ2v) is 6.20. The van der Waals surface area contributed by atoms with Gasteiger partial charge >= 0.3 is 0 Å². The number of nitrogens with one attached hydrogen (secondary N) is 1. The van der Waals surface area contributed by atoms with Crippen molar-refractivity contribution in [3.05, 3.63) is 87.1 Å². The summed E-state index contributed by atoms with van der Waals surface area (Å²) in [6.45, 7) is 1.88. The van der Waals surface area contributed by atoms with Crippen molar-refractivity contribution in [2.45, 2.75) is 6.92 Å². The van der Waals surface area contributed by atoms with Crippen LogP contribution >= 0.6 is 11.6 Å². The van der Waals surface area contributed by atoms with Gasteiger partial charge in [0.25, 0.3) is 5.56 Å². The molecule has 2 aromatic carbocycles. The normalized spacial score (nSPS) is 11.5. The van der Waals surface area contributed by atoms with E-state index in [9.17, 15) is 4.79 Å². The molecule has 0 saturated heterocycles. The van der Waals surface area contributed by atoms with Gasteiger partial charge in [-0.15, -0.1) is 0 Å². The molecule has 0 aliphatic carbocycles. The molecule has 5 nitrogen and oxygen atoms in total. The number of nitrogens with zero attached hydrogens (tertiary/aromatic N) is 3. The topological polar surface area (TPSA) is 63.6 Å². The van der Waals surface area contributed by atoms with Crippen LogP contribution in [0.25, 0.3) is 28.9 Å². The lowest BCUT2D eigenvalue weighted by atomic mass is 10.2. The molecule has 2 aromatic heterocycles. The van der Waals surface area contributed by atoms with Gasteiger partial charge in [-0.1, -0.05) is 41.9 Å². The summed E-state index contributed by atoms with van der Waals surface area (Å²) in [7, 11) is 0. The van der Waals surface area contributed by atoms with Crippen LogP contribution in [0.1, 0.15) is 17.0 Å². The van der Waals surface area contributed by atoms with E-state index in [2.05, 4.69) is 15.1 Å². The Hall–Kier alpha value is -3.18. The first kappa shape index (κ1) is 16.3. The molecular formula is C20H15ClN4O. The number of hydrogen-bond donors (Lipinski definition) is 1. The van der Waals surface area contributed by atoms with Crippen molar-refractivity contribution >= 4 is 34.8 Å². The number of fused-ring (bicyclic) bond motifs is 1. The lowest BCUT2D eigenvalue weighted by Gasteiger charge is -2.02. The zero-order valence-electron chi connectivity index (χ0n) is 14.0. The van der Waals surface area contributed by atoms with E-state index in [1.54, 1.807) is 16.8 Å². The van der Waals surface area contributed by atoms with Gasteiger partial charge in [-0.3, -0.25) is 4.79 Å². The van der Waals surface area contributed by atoms with Gasteiger partial charge in [-0.05, 0) is 43.3 Å². The summed E-state index contributed by atoms with van der Waals surface area (Å²) >= 11 is 6.51. The molecule has 26 heavy (non-hydrogen) atoms. The Morgan fingerprint density at radius 3 is 2.58 bits per heavy atom. The van der Waals surface area contributed by atoms with Gasteiger partial charge in [0, 0.05) is 5.56 Å². The van der Waals surface area contributed by atoms with E-state index >= 15 is 0 Å². The van der Waals surface area contributed by atoms with Crippen LogP contribution < -0.4 is 5.56 Å². The lowest BCUT2D eigenvalue weighted by molar-refractivity contribution is 0.863. The zero-order valence-corrected chi connectivity index (χ0v) is 14.7. The second kappa shape index (κ2) is 6.61. The number of halogens is 1. The fourth-order valence-corrected chi connectivity index (χ4v) is 3.09. The summed E-state index contributed by atoms with van der Waals surface area (Å²) in [6, 6.07) is 17.1. The molecule has 0 spiro atoms. The highest BCUT2D eigenvalue weighted by Crippen LogP contribution is 2.25. The second-order valence-electron chi connectivity index (χ2n) is 5.84. The van der Waals surface area contributed by atoms with Crippen LogP contribution in [-0.2, 0) is 0 Å². The largest absolute Gasteiger partial charge is 0.319 e. The van der Waals surface area contributed by atoms with Gasteiger partial charge in [0.1, 0.15) is 10.8 Å². The van der Waals surface area contributed by atoms with Gasteiger partial charge in [-0.2, -0.15) is 5.10 Å². The lowest BCUT2D eigenvalue weighted by Crippen LogP contribution is -2.11. The average molecular weight is 363 g/mol. The Labute approximate surface area is 154 Å². The van der Waals surface area contributed by atoms with E-state index in [-0.39, 0.29) is 5.56 Å². The van der Waals surface area contributed by atoms with E-state index < -0.39 is 0 Å². The van der Waals surface area contributed by atoms with E-state index in [0.29, 0.717) is 16.4 Å². The van der Waals surface area contributed by atoms with Crippen molar-refractivity contribution in [1.29, 1.82) is 0 Å². The van der Waals surface area contributed by atoms with E-state index in [0.717, 1.165) is 22.5 Å². The maximum absolute atomic E-state index is 12.2. The Morgan fingerprint density at radius 2 is 1.77 bits per heavy atom. The average Bonchev–Trinajstić information content (AvgIpc) is 2.95. The van der Waals surface area contributed by atoms with Crippen LogP contribution in [0, 0.1) is 6.92 Å². The van der Waals surface area contributed by atoms with Crippen LogP contribution in [0.15, 0.2) is 59.4 Å². The standard InChI is InChI=1S/C20H15ClN4O/c1-13-15(19(21)25(24-13)14-7-3-2-4-8-14)11-12-18-20(26)23-17-10-6-5-9-16(17)22-18/h2-12H,1H3,(H,23,26)/b12-11+. The number of hydrogen-bond acceptors (Lipinski definition) is 3. The van der Waals surface area contributed by atoms with Crippen LogP contribution in [0.5, 0.6) is 0 Å². The van der Waals surface area contributed by atoms with Crippen molar-refractivity contribution in [3.63, 3.8) is 0 Å². The molecule has 2 heterocycles. The number of aromatic nitrogens is 4. The molecule has 0 radical (unpaired) electrons. The van der Waals surface area contributed by atoms with Gasteiger partial charge in [0.2, 0.25) is 0 Å². The van der Waals surface area contributed by atoms with Gasteiger partial charge in [0.05, 0.1) is 22.4 Å². The zero-order chi connectivity index (χ0) is 18.1. The molecule has 0 aliphatic heterocycles. The maximum Gasteiger partial charge on any atom is 0.274 e.